The third-order valence-corrected chi connectivity index (χ3v) is 7.48. The van der Waals surface area contributed by atoms with Crippen molar-refractivity contribution in [3.8, 4) is 0 Å². The molecule has 0 bridgehead atoms. The van der Waals surface area contributed by atoms with Gasteiger partial charge in [-0.2, -0.15) is 14.6 Å². The molecule has 1 aliphatic rings. The number of thiophene rings is 1. The molecule has 3 aromatic heterocycles. The number of carboxylic acids is 1. The molecule has 0 saturated heterocycles. The Morgan fingerprint density at radius 1 is 1.26 bits per heavy atom. The van der Waals surface area contributed by atoms with Crippen LogP contribution >= 0.6 is 23.7 Å². The fraction of sp³-hybridized carbons (Fsp3) is 0.222. The van der Waals surface area contributed by atoms with Gasteiger partial charge in [0, 0.05) is 17.5 Å². The molecule has 0 saturated carbocycles. The number of primary amides is 1. The Morgan fingerprint density at radius 2 is 2.02 bits per heavy atom. The average molecular weight is 614 g/mol. The summed E-state index contributed by atoms with van der Waals surface area (Å²) >= 11 is 1.34. The third-order valence-electron chi connectivity index (χ3n) is 6.36. The van der Waals surface area contributed by atoms with Crippen molar-refractivity contribution in [2.24, 2.45) is 11.5 Å². The number of nitrogens with two attached hydrogens (primary N) is 2. The quantitative estimate of drug-likeness (QED) is 0.169. The van der Waals surface area contributed by atoms with Gasteiger partial charge in [-0.1, -0.05) is 18.7 Å². The van der Waals surface area contributed by atoms with E-state index in [-0.39, 0.29) is 48.1 Å². The van der Waals surface area contributed by atoms with Crippen molar-refractivity contribution in [3.63, 3.8) is 0 Å². The number of hydrogen-bond donors (Lipinski definition) is 4. The van der Waals surface area contributed by atoms with Gasteiger partial charge < -0.3 is 26.6 Å². The molecule has 1 aromatic carbocycles. The monoisotopic (exact) mass is 613 g/mol. The minimum atomic E-state index is -1.27. The number of carbonyl (C=O) groups is 4. The molecule has 0 aliphatic heterocycles. The number of carbonyl (C=O) groups excluding carboxylic acids is 3. The Balaban J connectivity index is 0.000000374. The molecule has 13 nitrogen and oxygen atoms in total. The maximum absolute atomic E-state index is 13.0. The van der Waals surface area contributed by atoms with Crippen LogP contribution in [0.4, 0.5) is 0 Å². The van der Waals surface area contributed by atoms with Gasteiger partial charge in [0.1, 0.15) is 18.6 Å². The van der Waals surface area contributed by atoms with Gasteiger partial charge >= 0.3 is 11.9 Å². The van der Waals surface area contributed by atoms with E-state index in [1.807, 2.05) is 19.1 Å². The normalized spacial score (nSPS) is 13.2. The largest absolute Gasteiger partial charge is 0.477 e. The lowest BCUT2D eigenvalue weighted by molar-refractivity contribution is 0.0547. The summed E-state index contributed by atoms with van der Waals surface area (Å²) in [5.74, 6) is -2.54. The van der Waals surface area contributed by atoms with E-state index in [9.17, 15) is 24.3 Å². The van der Waals surface area contributed by atoms with E-state index >= 15 is 0 Å². The molecule has 0 unspecified atom stereocenters. The van der Waals surface area contributed by atoms with E-state index in [2.05, 4.69) is 27.0 Å². The van der Waals surface area contributed by atoms with Crippen LogP contribution in [0, 0.1) is 6.92 Å². The molecule has 1 atom stereocenters. The van der Waals surface area contributed by atoms with Crippen molar-refractivity contribution < 1.29 is 29.0 Å². The van der Waals surface area contributed by atoms with Crippen molar-refractivity contribution in [2.45, 2.75) is 32.4 Å². The number of fused-ring (bicyclic) bond motifs is 2. The molecule has 6 N–H and O–H groups in total. The van der Waals surface area contributed by atoms with Gasteiger partial charge in [-0.25, -0.2) is 14.6 Å². The molecule has 0 fully saturated rings. The molecule has 220 valence electrons. The van der Waals surface area contributed by atoms with Crippen LogP contribution in [0.25, 0.3) is 5.78 Å². The lowest BCUT2D eigenvalue weighted by atomic mass is 9.98. The zero-order chi connectivity index (χ0) is 29.7. The molecule has 3 heterocycles. The van der Waals surface area contributed by atoms with E-state index in [4.69, 9.17) is 16.2 Å². The molecule has 1 aliphatic carbocycles. The number of ether oxygens (including phenoxy) is 1. The topological polar surface area (TPSA) is 205 Å². The second-order valence-electron chi connectivity index (χ2n) is 8.90. The Hall–Kier alpha value is -4.66. The van der Waals surface area contributed by atoms with Crippen LogP contribution in [-0.4, -0.2) is 55.0 Å². The molecular weight excluding hydrogens is 586 g/mol. The highest BCUT2D eigenvalue weighted by Crippen LogP contribution is 2.35. The fourth-order valence-corrected chi connectivity index (χ4v) is 5.14. The van der Waals surface area contributed by atoms with Crippen molar-refractivity contribution in [1.29, 1.82) is 0 Å². The Kier molecular flexibility index (Phi) is 10.5. The number of aromatic carboxylic acids is 1. The molecule has 2 amide bonds. The molecular formula is C27H28ClN7O6S. The number of carboxylic acid groups (broad SMARTS) is 1. The van der Waals surface area contributed by atoms with E-state index in [0.717, 1.165) is 21.6 Å². The van der Waals surface area contributed by atoms with E-state index < -0.39 is 17.8 Å². The lowest BCUT2D eigenvalue weighted by Crippen LogP contribution is -2.29. The zero-order valence-corrected chi connectivity index (χ0v) is 24.0. The molecule has 15 heteroatoms. The van der Waals surface area contributed by atoms with Gasteiger partial charge in [-0.3, -0.25) is 9.59 Å². The summed E-state index contributed by atoms with van der Waals surface area (Å²) < 4.78 is 6.33. The minimum absolute atomic E-state index is 0. The standard InChI is InChI=1S/C21H19N5O5.C6H8N2OS.ClH/c1-3-8-31-20(30)13-4-5-14-12(11(13)2)6-7-15(14)24-18(27)17-9-16(19(28)29)25-21-22-10-23-26(17)21;7-3-4-1-2-5(10-4)6(8)9;/h3-5,9-10,15H,1,6-8H2,2H3,(H,24,27)(H,28,29);1-2H,3,7H2,(H2,8,9);1H/t15-;;/m0../s1. The number of halogens is 1. The maximum atomic E-state index is 13.0. The van der Waals surface area contributed by atoms with E-state index in [1.54, 1.807) is 12.1 Å². The maximum Gasteiger partial charge on any atom is 0.354 e. The van der Waals surface area contributed by atoms with Crippen molar-refractivity contribution in [3.05, 3.63) is 92.7 Å². The van der Waals surface area contributed by atoms with Crippen LogP contribution in [0.3, 0.4) is 0 Å². The van der Waals surface area contributed by atoms with Gasteiger partial charge in [0.25, 0.3) is 17.6 Å². The van der Waals surface area contributed by atoms with Crippen LogP contribution in [0.1, 0.15) is 75.0 Å². The summed E-state index contributed by atoms with van der Waals surface area (Å²) in [5, 5.41) is 16.2. The average Bonchev–Trinajstić information content (AvgIpc) is 3.71. The highest BCUT2D eigenvalue weighted by molar-refractivity contribution is 7.14. The predicted molar refractivity (Wildman–Crippen MR) is 156 cm³/mol. The van der Waals surface area contributed by atoms with Crippen LogP contribution < -0.4 is 16.8 Å². The molecule has 42 heavy (non-hydrogen) atoms. The van der Waals surface area contributed by atoms with E-state index in [0.29, 0.717) is 29.8 Å². The van der Waals surface area contributed by atoms with Gasteiger partial charge in [0.15, 0.2) is 5.69 Å². The molecule has 0 spiro atoms. The first-order valence-electron chi connectivity index (χ1n) is 12.4. The molecule has 0 radical (unpaired) electrons. The fourth-order valence-electron chi connectivity index (χ4n) is 4.40. The summed E-state index contributed by atoms with van der Waals surface area (Å²) in [6.07, 6.45) is 4.04. The van der Waals surface area contributed by atoms with Gasteiger partial charge in [-0.05, 0) is 54.7 Å². The Labute approximate surface area is 250 Å². The van der Waals surface area contributed by atoms with Crippen molar-refractivity contribution >= 4 is 53.3 Å². The van der Waals surface area contributed by atoms with Gasteiger partial charge in [-0.15, -0.1) is 23.7 Å². The summed E-state index contributed by atoms with van der Waals surface area (Å²) in [6.45, 7) is 6.00. The number of aromatic nitrogens is 4. The van der Waals surface area contributed by atoms with Gasteiger partial charge in [0.2, 0.25) is 0 Å². The second kappa shape index (κ2) is 13.8. The number of hydrogen-bond acceptors (Lipinski definition) is 10. The molecule has 5 rings (SSSR count). The minimum Gasteiger partial charge on any atom is -0.477 e. The lowest BCUT2D eigenvalue weighted by Gasteiger charge is -2.16. The third kappa shape index (κ3) is 6.79. The summed E-state index contributed by atoms with van der Waals surface area (Å²) in [6, 6.07) is 7.87. The molecule has 4 aromatic rings. The number of amides is 2. The van der Waals surface area contributed by atoms with Crippen LogP contribution in [-0.2, 0) is 17.7 Å². The number of nitrogens with one attached hydrogen (secondary N) is 1. The zero-order valence-electron chi connectivity index (χ0n) is 22.4. The first-order chi connectivity index (χ1) is 19.6. The Morgan fingerprint density at radius 3 is 2.64 bits per heavy atom. The number of esters is 1. The highest BCUT2D eigenvalue weighted by Gasteiger charge is 2.29. The predicted octanol–water partition coefficient (Wildman–Crippen LogP) is 2.62. The summed E-state index contributed by atoms with van der Waals surface area (Å²) in [5.41, 5.74) is 13.3. The highest BCUT2D eigenvalue weighted by atomic mass is 35.5. The smallest absolute Gasteiger partial charge is 0.354 e. The van der Waals surface area contributed by atoms with E-state index in [1.165, 1.54) is 34.3 Å². The second-order valence-corrected chi connectivity index (χ2v) is 10.1. The van der Waals surface area contributed by atoms with Crippen LogP contribution in [0.2, 0.25) is 0 Å². The van der Waals surface area contributed by atoms with Crippen LogP contribution in [0.5, 0.6) is 0 Å². The summed E-state index contributed by atoms with van der Waals surface area (Å²) in [4.78, 5) is 56.4. The van der Waals surface area contributed by atoms with Crippen molar-refractivity contribution in [2.75, 3.05) is 6.61 Å². The Bertz CT molecular complexity index is 1670. The first kappa shape index (κ1) is 31.9. The number of benzene rings is 1. The number of rotatable bonds is 8. The number of nitrogens with zero attached hydrogens (tertiary/aromatic N) is 4. The first-order valence-corrected chi connectivity index (χ1v) is 13.2. The van der Waals surface area contributed by atoms with Crippen LogP contribution in [0.15, 0.2) is 49.3 Å². The SMILES string of the molecule is C=CCOC(=O)c1ccc2c(c1C)CC[C@@H]2NC(=O)c1cc(C(=O)O)nc2ncnn12.Cl.NCc1ccc(C(N)=O)s1. The van der Waals surface area contributed by atoms with Gasteiger partial charge in [0.05, 0.1) is 16.5 Å². The van der Waals surface area contributed by atoms with Crippen molar-refractivity contribution in [1.82, 2.24) is 24.9 Å². The summed E-state index contributed by atoms with van der Waals surface area (Å²) in [7, 11) is 0.